The van der Waals surface area contributed by atoms with Crippen LogP contribution in [0.2, 0.25) is 0 Å². The van der Waals surface area contributed by atoms with Gasteiger partial charge in [-0.15, -0.1) is 0 Å². The molecule has 0 radical (unpaired) electrons. The molecule has 0 saturated heterocycles. The number of hydrogen-bond donors (Lipinski definition) is 1. The van der Waals surface area contributed by atoms with Gasteiger partial charge in [0.1, 0.15) is 0 Å². The summed E-state index contributed by atoms with van der Waals surface area (Å²) in [6.45, 7) is 2.77. The summed E-state index contributed by atoms with van der Waals surface area (Å²) >= 11 is 0. The molecule has 1 rings (SSSR count). The molecular formula is C12H16O2. The van der Waals surface area contributed by atoms with Gasteiger partial charge in [0, 0.05) is 0 Å². The molecule has 2 nitrogen and oxygen atoms in total. The lowest BCUT2D eigenvalue weighted by molar-refractivity contribution is 0.0503. The van der Waals surface area contributed by atoms with E-state index in [1.54, 1.807) is 6.08 Å². The minimum atomic E-state index is -0.497. The average Bonchev–Trinajstić information content (AvgIpc) is 2.20. The molecule has 1 aromatic rings. The van der Waals surface area contributed by atoms with Crippen LogP contribution in [-0.2, 0) is 11.3 Å². The molecule has 0 spiro atoms. The van der Waals surface area contributed by atoms with Crippen LogP contribution in [0.5, 0.6) is 0 Å². The quantitative estimate of drug-likeness (QED) is 0.724. The Kier molecular flexibility index (Phi) is 4.97. The smallest absolute Gasteiger partial charge is 0.0954 e. The lowest BCUT2D eigenvalue weighted by Gasteiger charge is -2.06. The Morgan fingerprint density at radius 1 is 1.36 bits per heavy atom. The Labute approximate surface area is 84.8 Å². The summed E-state index contributed by atoms with van der Waals surface area (Å²) in [6, 6.07) is 9.92. The molecule has 0 bridgehead atoms. The third-order valence-corrected chi connectivity index (χ3v) is 1.81. The second-order valence-electron chi connectivity index (χ2n) is 3.09. The van der Waals surface area contributed by atoms with Crippen LogP contribution >= 0.6 is 0 Å². The standard InChI is InChI=1S/C12H16O2/c1-2-6-12(13)10-14-9-11-7-4-3-5-8-11/h2-8,12-13H,9-10H2,1H3/b6-2+/t12-/m0/s1. The first-order valence-electron chi connectivity index (χ1n) is 4.75. The van der Waals surface area contributed by atoms with Crippen LogP contribution in [0, 0.1) is 0 Å². The van der Waals surface area contributed by atoms with E-state index in [1.165, 1.54) is 0 Å². The maximum Gasteiger partial charge on any atom is 0.0954 e. The molecule has 76 valence electrons. The van der Waals surface area contributed by atoms with E-state index in [0.717, 1.165) is 5.56 Å². The summed E-state index contributed by atoms with van der Waals surface area (Å²) in [5, 5.41) is 9.32. The highest BCUT2D eigenvalue weighted by molar-refractivity contribution is 5.13. The summed E-state index contributed by atoms with van der Waals surface area (Å²) in [7, 11) is 0. The summed E-state index contributed by atoms with van der Waals surface area (Å²) in [5.74, 6) is 0. The highest BCUT2D eigenvalue weighted by Crippen LogP contribution is 2.01. The van der Waals surface area contributed by atoms with Crippen molar-refractivity contribution in [1.29, 1.82) is 0 Å². The van der Waals surface area contributed by atoms with Crippen LogP contribution in [0.3, 0.4) is 0 Å². The Hall–Kier alpha value is -1.12. The maximum absolute atomic E-state index is 9.32. The Balaban J connectivity index is 2.22. The second kappa shape index (κ2) is 6.35. The van der Waals surface area contributed by atoms with Crippen molar-refractivity contribution in [2.24, 2.45) is 0 Å². The van der Waals surface area contributed by atoms with Crippen molar-refractivity contribution in [1.82, 2.24) is 0 Å². The number of ether oxygens (including phenoxy) is 1. The van der Waals surface area contributed by atoms with Crippen molar-refractivity contribution in [3.63, 3.8) is 0 Å². The van der Waals surface area contributed by atoms with E-state index in [2.05, 4.69) is 0 Å². The fourth-order valence-corrected chi connectivity index (χ4v) is 1.15. The fraction of sp³-hybridized carbons (Fsp3) is 0.333. The maximum atomic E-state index is 9.32. The van der Waals surface area contributed by atoms with Crippen molar-refractivity contribution in [3.8, 4) is 0 Å². The molecule has 0 amide bonds. The molecule has 14 heavy (non-hydrogen) atoms. The Morgan fingerprint density at radius 2 is 2.07 bits per heavy atom. The fourth-order valence-electron chi connectivity index (χ4n) is 1.15. The van der Waals surface area contributed by atoms with Crippen molar-refractivity contribution in [2.45, 2.75) is 19.6 Å². The first-order valence-corrected chi connectivity index (χ1v) is 4.75. The summed E-state index contributed by atoms with van der Waals surface area (Å²) in [4.78, 5) is 0. The molecule has 2 heteroatoms. The molecular weight excluding hydrogens is 176 g/mol. The number of benzene rings is 1. The lowest BCUT2D eigenvalue weighted by Crippen LogP contribution is -2.11. The monoisotopic (exact) mass is 192 g/mol. The molecule has 0 saturated carbocycles. The van der Waals surface area contributed by atoms with Crippen LogP contribution in [0.15, 0.2) is 42.5 Å². The number of aliphatic hydroxyl groups excluding tert-OH is 1. The van der Waals surface area contributed by atoms with Gasteiger partial charge in [-0.05, 0) is 12.5 Å². The van der Waals surface area contributed by atoms with Gasteiger partial charge in [0.05, 0.1) is 19.3 Å². The Bertz CT molecular complexity index is 267. The van der Waals surface area contributed by atoms with Gasteiger partial charge >= 0.3 is 0 Å². The Morgan fingerprint density at radius 3 is 2.71 bits per heavy atom. The molecule has 1 atom stereocenters. The normalized spacial score (nSPS) is 13.3. The predicted molar refractivity (Wildman–Crippen MR) is 56.9 cm³/mol. The second-order valence-corrected chi connectivity index (χ2v) is 3.09. The zero-order chi connectivity index (χ0) is 10.2. The van der Waals surface area contributed by atoms with E-state index < -0.39 is 6.10 Å². The van der Waals surface area contributed by atoms with Gasteiger partial charge in [0.2, 0.25) is 0 Å². The van der Waals surface area contributed by atoms with Crippen molar-refractivity contribution >= 4 is 0 Å². The molecule has 0 heterocycles. The number of allylic oxidation sites excluding steroid dienone is 1. The molecule has 0 aromatic heterocycles. The third kappa shape index (κ3) is 4.21. The molecule has 1 N–H and O–H groups in total. The largest absolute Gasteiger partial charge is 0.387 e. The van der Waals surface area contributed by atoms with Crippen molar-refractivity contribution < 1.29 is 9.84 Å². The van der Waals surface area contributed by atoms with Crippen molar-refractivity contribution in [3.05, 3.63) is 48.0 Å². The zero-order valence-corrected chi connectivity index (χ0v) is 8.39. The van der Waals surface area contributed by atoms with Crippen LogP contribution in [0.25, 0.3) is 0 Å². The van der Waals surface area contributed by atoms with E-state index in [0.29, 0.717) is 13.2 Å². The van der Waals surface area contributed by atoms with Crippen LogP contribution in [0.1, 0.15) is 12.5 Å². The van der Waals surface area contributed by atoms with E-state index in [-0.39, 0.29) is 0 Å². The molecule has 1 aromatic carbocycles. The molecule has 0 aliphatic rings. The van der Waals surface area contributed by atoms with Crippen molar-refractivity contribution in [2.75, 3.05) is 6.61 Å². The summed E-state index contributed by atoms with van der Waals surface area (Å²) in [6.07, 6.45) is 3.03. The van der Waals surface area contributed by atoms with Gasteiger partial charge < -0.3 is 9.84 Å². The van der Waals surface area contributed by atoms with Gasteiger partial charge in [-0.3, -0.25) is 0 Å². The molecule has 0 fully saturated rings. The minimum absolute atomic E-state index is 0.346. The first kappa shape index (κ1) is 11.0. The van der Waals surface area contributed by atoms with E-state index in [4.69, 9.17) is 4.74 Å². The van der Waals surface area contributed by atoms with Gasteiger partial charge in [0.25, 0.3) is 0 Å². The van der Waals surface area contributed by atoms with E-state index in [1.807, 2.05) is 43.3 Å². The highest BCUT2D eigenvalue weighted by atomic mass is 16.5. The van der Waals surface area contributed by atoms with Gasteiger partial charge in [-0.25, -0.2) is 0 Å². The number of rotatable bonds is 5. The van der Waals surface area contributed by atoms with Crippen LogP contribution in [0.4, 0.5) is 0 Å². The predicted octanol–water partition coefficient (Wildman–Crippen LogP) is 2.14. The molecule has 0 aliphatic heterocycles. The van der Waals surface area contributed by atoms with Crippen LogP contribution < -0.4 is 0 Å². The van der Waals surface area contributed by atoms with E-state index >= 15 is 0 Å². The minimum Gasteiger partial charge on any atom is -0.387 e. The number of aliphatic hydroxyl groups is 1. The van der Waals surface area contributed by atoms with E-state index in [9.17, 15) is 5.11 Å². The molecule has 0 aliphatic carbocycles. The topological polar surface area (TPSA) is 29.5 Å². The van der Waals surface area contributed by atoms with Gasteiger partial charge in [-0.1, -0.05) is 42.5 Å². The highest BCUT2D eigenvalue weighted by Gasteiger charge is 1.98. The SMILES string of the molecule is C/C=C/[C@H](O)COCc1ccccc1. The third-order valence-electron chi connectivity index (χ3n) is 1.81. The average molecular weight is 192 g/mol. The number of hydrogen-bond acceptors (Lipinski definition) is 2. The summed E-state index contributed by atoms with van der Waals surface area (Å²) < 4.78 is 5.33. The van der Waals surface area contributed by atoms with Crippen LogP contribution in [-0.4, -0.2) is 17.8 Å². The zero-order valence-electron chi connectivity index (χ0n) is 8.39. The molecule has 0 unspecified atom stereocenters. The summed E-state index contributed by atoms with van der Waals surface area (Å²) in [5.41, 5.74) is 1.13. The van der Waals surface area contributed by atoms with Gasteiger partial charge in [0.15, 0.2) is 0 Å². The lowest BCUT2D eigenvalue weighted by atomic mass is 10.2. The van der Waals surface area contributed by atoms with Gasteiger partial charge in [-0.2, -0.15) is 0 Å². The first-order chi connectivity index (χ1) is 6.83.